The quantitative estimate of drug-likeness (QED) is 0.807. The molecule has 1 aliphatic rings. The molecule has 0 fully saturated rings. The number of rotatable bonds is 3. The van der Waals surface area contributed by atoms with Gasteiger partial charge < -0.3 is 9.84 Å². The van der Waals surface area contributed by atoms with Crippen molar-refractivity contribution >= 4 is 11.8 Å². The Balaban J connectivity index is 1.55. The molecule has 7 heteroatoms. The van der Waals surface area contributed by atoms with Crippen LogP contribution in [0.3, 0.4) is 0 Å². The third-order valence-electron chi connectivity index (χ3n) is 3.69. The van der Waals surface area contributed by atoms with E-state index in [1.807, 2.05) is 20.0 Å². The molecule has 7 nitrogen and oxygen atoms in total. The Hall–Kier alpha value is -2.31. The lowest BCUT2D eigenvalue weighted by atomic mass is 9.94. The van der Waals surface area contributed by atoms with Crippen molar-refractivity contribution in [3.63, 3.8) is 0 Å². The molecule has 21 heavy (non-hydrogen) atoms. The predicted octanol–water partition coefficient (Wildman–Crippen LogP) is 2.20. The number of urea groups is 1. The molecule has 3 rings (SSSR count). The minimum absolute atomic E-state index is 0.117. The first-order chi connectivity index (χ1) is 10.1. The van der Waals surface area contributed by atoms with Crippen LogP contribution in [0.2, 0.25) is 0 Å². The van der Waals surface area contributed by atoms with Crippen LogP contribution in [0.25, 0.3) is 0 Å². The maximum absolute atomic E-state index is 12.0. The monoisotopic (exact) mass is 289 g/mol. The van der Waals surface area contributed by atoms with Gasteiger partial charge >= 0.3 is 6.03 Å². The summed E-state index contributed by atoms with van der Waals surface area (Å²) in [7, 11) is 0. The van der Waals surface area contributed by atoms with Gasteiger partial charge in [-0.3, -0.25) is 10.4 Å². The molecule has 0 bridgehead atoms. The first kappa shape index (κ1) is 13.7. The van der Waals surface area contributed by atoms with Crippen molar-refractivity contribution in [3.05, 3.63) is 29.3 Å². The molecule has 1 aliphatic carbocycles. The lowest BCUT2D eigenvalue weighted by Gasteiger charge is -2.22. The molecule has 2 amide bonds. The molecule has 0 radical (unpaired) electrons. The highest BCUT2D eigenvalue weighted by Gasteiger charge is 2.21. The van der Waals surface area contributed by atoms with Crippen LogP contribution in [0.4, 0.5) is 10.6 Å². The highest BCUT2D eigenvalue weighted by Crippen LogP contribution is 2.20. The number of aromatic amines is 1. The van der Waals surface area contributed by atoms with Crippen LogP contribution in [0, 0.1) is 0 Å². The molecule has 1 atom stereocenters. The SMILES string of the molecule is CC(C)c1cc(NC(=O)N[C@@H]2CCc3[nH]ncc3C2)no1. The van der Waals surface area contributed by atoms with Gasteiger partial charge in [0.25, 0.3) is 0 Å². The molecule has 0 unspecified atom stereocenters. The van der Waals surface area contributed by atoms with Crippen LogP contribution in [0.5, 0.6) is 0 Å². The molecular formula is C14H19N5O2. The van der Waals surface area contributed by atoms with Crippen molar-refractivity contribution in [2.24, 2.45) is 0 Å². The number of aryl methyl sites for hydroxylation is 1. The van der Waals surface area contributed by atoms with Crippen molar-refractivity contribution in [1.82, 2.24) is 20.7 Å². The predicted molar refractivity (Wildman–Crippen MR) is 77.1 cm³/mol. The molecule has 0 aliphatic heterocycles. The minimum Gasteiger partial charge on any atom is -0.359 e. The lowest BCUT2D eigenvalue weighted by molar-refractivity contribution is 0.247. The maximum Gasteiger partial charge on any atom is 0.320 e. The third-order valence-corrected chi connectivity index (χ3v) is 3.69. The smallest absolute Gasteiger partial charge is 0.320 e. The number of fused-ring (bicyclic) bond motifs is 1. The van der Waals surface area contributed by atoms with E-state index in [0.717, 1.165) is 25.0 Å². The molecular weight excluding hydrogens is 270 g/mol. The highest BCUT2D eigenvalue weighted by atomic mass is 16.5. The van der Waals surface area contributed by atoms with Crippen LogP contribution >= 0.6 is 0 Å². The summed E-state index contributed by atoms with van der Waals surface area (Å²) < 4.78 is 5.15. The summed E-state index contributed by atoms with van der Waals surface area (Å²) in [4.78, 5) is 12.0. The van der Waals surface area contributed by atoms with Crippen LogP contribution in [0.15, 0.2) is 16.8 Å². The van der Waals surface area contributed by atoms with Gasteiger partial charge in [0.15, 0.2) is 5.82 Å². The topological polar surface area (TPSA) is 95.8 Å². The standard InChI is InChI=1S/C14H19N5O2/c1-8(2)12-6-13(19-21-12)17-14(20)16-10-3-4-11-9(5-10)7-15-18-11/h6-8,10H,3-5H2,1-2H3,(H,15,18)(H2,16,17,19,20)/t10-/m1/s1. The number of H-pyrrole nitrogens is 1. The maximum atomic E-state index is 12.0. The summed E-state index contributed by atoms with van der Waals surface area (Å²) in [5, 5.41) is 16.5. The van der Waals surface area contributed by atoms with E-state index in [4.69, 9.17) is 4.52 Å². The molecule has 2 aromatic heterocycles. The molecule has 2 heterocycles. The summed E-state index contributed by atoms with van der Waals surface area (Å²) >= 11 is 0. The van der Waals surface area contributed by atoms with E-state index in [0.29, 0.717) is 5.82 Å². The van der Waals surface area contributed by atoms with Gasteiger partial charge in [0.05, 0.1) is 6.20 Å². The van der Waals surface area contributed by atoms with Gasteiger partial charge in [0.1, 0.15) is 5.76 Å². The Morgan fingerprint density at radius 3 is 3.14 bits per heavy atom. The van der Waals surface area contributed by atoms with Gasteiger partial charge in [-0.1, -0.05) is 19.0 Å². The van der Waals surface area contributed by atoms with Crippen molar-refractivity contribution in [2.75, 3.05) is 5.32 Å². The van der Waals surface area contributed by atoms with Crippen molar-refractivity contribution < 1.29 is 9.32 Å². The average molecular weight is 289 g/mol. The molecule has 2 aromatic rings. The number of nitrogens with zero attached hydrogens (tertiary/aromatic N) is 2. The largest absolute Gasteiger partial charge is 0.359 e. The number of nitrogens with one attached hydrogen (secondary N) is 3. The fourth-order valence-corrected chi connectivity index (χ4v) is 2.50. The molecule has 0 saturated carbocycles. The molecule has 112 valence electrons. The van der Waals surface area contributed by atoms with Gasteiger partial charge in [-0.25, -0.2) is 4.79 Å². The summed E-state index contributed by atoms with van der Waals surface area (Å²) in [6.07, 6.45) is 4.43. The molecule has 0 saturated heterocycles. The Bertz CT molecular complexity index is 631. The van der Waals surface area contributed by atoms with Crippen LogP contribution in [-0.2, 0) is 12.8 Å². The number of carbonyl (C=O) groups excluding carboxylic acids is 1. The fraction of sp³-hybridized carbons (Fsp3) is 0.500. The Kier molecular flexibility index (Phi) is 3.64. The zero-order valence-electron chi connectivity index (χ0n) is 12.1. The third kappa shape index (κ3) is 3.07. The Labute approximate surface area is 122 Å². The van der Waals surface area contributed by atoms with E-state index in [-0.39, 0.29) is 18.0 Å². The fourth-order valence-electron chi connectivity index (χ4n) is 2.50. The molecule has 3 N–H and O–H groups in total. The van der Waals surface area contributed by atoms with Gasteiger partial charge in [0, 0.05) is 23.7 Å². The van der Waals surface area contributed by atoms with E-state index in [1.54, 1.807) is 6.07 Å². The number of amides is 2. The van der Waals surface area contributed by atoms with Gasteiger partial charge in [-0.2, -0.15) is 5.10 Å². The zero-order chi connectivity index (χ0) is 14.8. The highest BCUT2D eigenvalue weighted by molar-refractivity contribution is 5.88. The van der Waals surface area contributed by atoms with Crippen LogP contribution in [-0.4, -0.2) is 27.4 Å². The summed E-state index contributed by atoms with van der Waals surface area (Å²) in [6.45, 7) is 4.02. The lowest BCUT2D eigenvalue weighted by Crippen LogP contribution is -2.41. The van der Waals surface area contributed by atoms with Crippen LogP contribution in [0.1, 0.15) is 43.2 Å². The van der Waals surface area contributed by atoms with E-state index < -0.39 is 0 Å². The zero-order valence-corrected chi connectivity index (χ0v) is 12.1. The summed E-state index contributed by atoms with van der Waals surface area (Å²) in [6, 6.07) is 1.61. The second-order valence-electron chi connectivity index (χ2n) is 5.68. The molecule has 0 aromatic carbocycles. The number of hydrogen-bond donors (Lipinski definition) is 3. The normalized spacial score (nSPS) is 17.6. The van der Waals surface area contributed by atoms with Gasteiger partial charge in [-0.15, -0.1) is 0 Å². The van der Waals surface area contributed by atoms with E-state index in [1.165, 1.54) is 11.3 Å². The number of aromatic nitrogens is 3. The first-order valence-electron chi connectivity index (χ1n) is 7.17. The van der Waals surface area contributed by atoms with Crippen LogP contribution < -0.4 is 10.6 Å². The summed E-state index contributed by atoms with van der Waals surface area (Å²) in [5.74, 6) is 1.44. The second-order valence-corrected chi connectivity index (χ2v) is 5.68. The van der Waals surface area contributed by atoms with E-state index in [9.17, 15) is 4.79 Å². The summed E-state index contributed by atoms with van der Waals surface area (Å²) in [5.41, 5.74) is 2.35. The van der Waals surface area contributed by atoms with E-state index >= 15 is 0 Å². The number of hydrogen-bond acceptors (Lipinski definition) is 4. The van der Waals surface area contributed by atoms with Crippen molar-refractivity contribution in [3.8, 4) is 0 Å². The van der Waals surface area contributed by atoms with Gasteiger partial charge in [-0.05, 0) is 24.8 Å². The minimum atomic E-state index is -0.254. The average Bonchev–Trinajstić information content (AvgIpc) is 3.06. The second kappa shape index (κ2) is 5.59. The first-order valence-corrected chi connectivity index (χ1v) is 7.17. The van der Waals surface area contributed by atoms with Gasteiger partial charge in [0.2, 0.25) is 0 Å². The van der Waals surface area contributed by atoms with Crippen molar-refractivity contribution in [2.45, 2.75) is 45.1 Å². The number of carbonyl (C=O) groups is 1. The van der Waals surface area contributed by atoms with E-state index in [2.05, 4.69) is 26.0 Å². The van der Waals surface area contributed by atoms with Crippen molar-refractivity contribution in [1.29, 1.82) is 0 Å². The number of anilines is 1. The molecule has 0 spiro atoms. The Morgan fingerprint density at radius 1 is 1.52 bits per heavy atom. The Morgan fingerprint density at radius 2 is 2.38 bits per heavy atom.